The van der Waals surface area contributed by atoms with Crippen molar-refractivity contribution in [3.63, 3.8) is 0 Å². The Bertz CT molecular complexity index is 931. The summed E-state index contributed by atoms with van der Waals surface area (Å²) >= 11 is 6.39. The molecule has 28 heavy (non-hydrogen) atoms. The molecule has 0 saturated heterocycles. The number of halogens is 1. The van der Waals surface area contributed by atoms with E-state index in [4.69, 9.17) is 17.3 Å². The third-order valence-corrected chi connectivity index (χ3v) is 5.11. The highest BCUT2D eigenvalue weighted by molar-refractivity contribution is 6.30. The van der Waals surface area contributed by atoms with Crippen molar-refractivity contribution < 1.29 is 4.79 Å². The largest absolute Gasteiger partial charge is 0.372 e. The fourth-order valence-electron chi connectivity index (χ4n) is 3.36. The predicted octanol–water partition coefficient (Wildman–Crippen LogP) is 4.13. The van der Waals surface area contributed by atoms with Crippen LogP contribution in [0.3, 0.4) is 0 Å². The Morgan fingerprint density at radius 3 is 2.29 bits per heavy atom. The van der Waals surface area contributed by atoms with Gasteiger partial charge in [-0.1, -0.05) is 41.9 Å². The van der Waals surface area contributed by atoms with Crippen LogP contribution in [0.15, 0.2) is 54.6 Å². The van der Waals surface area contributed by atoms with Crippen LogP contribution in [0.25, 0.3) is 11.4 Å². The van der Waals surface area contributed by atoms with Gasteiger partial charge < -0.3 is 15.2 Å². The number of hydrogen-bond donors (Lipinski definition) is 1. The molecule has 0 atom stereocenters. The lowest BCUT2D eigenvalue weighted by Crippen LogP contribution is -2.21. The minimum Gasteiger partial charge on any atom is -0.372 e. The standard InChI is InChI=1S/C22H25ClN4O/c1-3-26(4-2)18-12-10-17(11-13-18)22-25-21(23)19(14-20(24)28)27(22)15-16-8-6-5-7-9-16/h5-13H,3-4,14-15H2,1-2H3,(H2,24,28). The summed E-state index contributed by atoms with van der Waals surface area (Å²) in [5, 5.41) is 0.317. The fraction of sp³-hybridized carbons (Fsp3) is 0.273. The molecule has 3 rings (SSSR count). The molecule has 0 aliphatic carbocycles. The fourth-order valence-corrected chi connectivity index (χ4v) is 3.61. The SMILES string of the molecule is CCN(CC)c1ccc(-c2nc(Cl)c(CC(N)=O)n2Cc2ccccc2)cc1. The number of carbonyl (C=O) groups excluding carboxylic acids is 1. The normalized spacial score (nSPS) is 10.8. The van der Waals surface area contributed by atoms with E-state index in [9.17, 15) is 4.79 Å². The van der Waals surface area contributed by atoms with Crippen molar-refractivity contribution in [1.82, 2.24) is 9.55 Å². The van der Waals surface area contributed by atoms with Crippen LogP contribution in [0.1, 0.15) is 25.1 Å². The van der Waals surface area contributed by atoms with Crippen LogP contribution >= 0.6 is 11.6 Å². The first-order valence-electron chi connectivity index (χ1n) is 9.46. The highest BCUT2D eigenvalue weighted by atomic mass is 35.5. The second-order valence-electron chi connectivity index (χ2n) is 6.61. The number of primary amides is 1. The lowest BCUT2D eigenvalue weighted by Gasteiger charge is -2.21. The van der Waals surface area contributed by atoms with Gasteiger partial charge in [0.2, 0.25) is 5.91 Å². The van der Waals surface area contributed by atoms with Gasteiger partial charge in [-0.25, -0.2) is 4.98 Å². The molecule has 6 heteroatoms. The predicted molar refractivity (Wildman–Crippen MR) is 115 cm³/mol. The molecule has 146 valence electrons. The molecule has 1 heterocycles. The maximum Gasteiger partial charge on any atom is 0.223 e. The van der Waals surface area contributed by atoms with Crippen molar-refractivity contribution in [2.45, 2.75) is 26.8 Å². The lowest BCUT2D eigenvalue weighted by molar-refractivity contribution is -0.117. The van der Waals surface area contributed by atoms with Gasteiger partial charge in [0, 0.05) is 30.9 Å². The molecule has 5 nitrogen and oxygen atoms in total. The monoisotopic (exact) mass is 396 g/mol. The van der Waals surface area contributed by atoms with Crippen LogP contribution in [0.4, 0.5) is 5.69 Å². The Kier molecular flexibility index (Phi) is 6.37. The van der Waals surface area contributed by atoms with Gasteiger partial charge in [-0.2, -0.15) is 0 Å². The molecule has 2 N–H and O–H groups in total. The Balaban J connectivity index is 2.03. The van der Waals surface area contributed by atoms with E-state index in [1.807, 2.05) is 47.0 Å². The summed E-state index contributed by atoms with van der Waals surface area (Å²) in [5.41, 5.74) is 9.30. The summed E-state index contributed by atoms with van der Waals surface area (Å²) in [7, 11) is 0. The molecular formula is C22H25ClN4O. The van der Waals surface area contributed by atoms with E-state index in [-0.39, 0.29) is 6.42 Å². The van der Waals surface area contributed by atoms with Crippen molar-refractivity contribution in [1.29, 1.82) is 0 Å². The number of aromatic nitrogens is 2. The van der Waals surface area contributed by atoms with Gasteiger partial charge in [-0.3, -0.25) is 4.79 Å². The van der Waals surface area contributed by atoms with Crippen LogP contribution in [0.2, 0.25) is 5.15 Å². The van der Waals surface area contributed by atoms with Crippen molar-refractivity contribution in [2.24, 2.45) is 5.73 Å². The average Bonchev–Trinajstić information content (AvgIpc) is 2.99. The highest BCUT2D eigenvalue weighted by Gasteiger charge is 2.19. The molecule has 0 aliphatic rings. The molecule has 0 fully saturated rings. The number of amides is 1. The van der Waals surface area contributed by atoms with Gasteiger partial charge in [-0.05, 0) is 43.7 Å². The maximum absolute atomic E-state index is 11.6. The number of rotatable bonds is 8. The van der Waals surface area contributed by atoms with Crippen molar-refractivity contribution in [3.05, 3.63) is 71.0 Å². The van der Waals surface area contributed by atoms with E-state index < -0.39 is 5.91 Å². The van der Waals surface area contributed by atoms with Gasteiger partial charge in [0.25, 0.3) is 0 Å². The lowest BCUT2D eigenvalue weighted by atomic mass is 10.1. The zero-order valence-corrected chi connectivity index (χ0v) is 17.0. The number of imidazole rings is 1. The molecule has 0 saturated carbocycles. The van der Waals surface area contributed by atoms with Gasteiger partial charge >= 0.3 is 0 Å². The molecular weight excluding hydrogens is 372 g/mol. The van der Waals surface area contributed by atoms with Gasteiger partial charge in [-0.15, -0.1) is 0 Å². The Morgan fingerprint density at radius 1 is 1.07 bits per heavy atom. The molecule has 0 spiro atoms. The van der Waals surface area contributed by atoms with Crippen LogP contribution in [0.5, 0.6) is 0 Å². The van der Waals surface area contributed by atoms with Gasteiger partial charge in [0.1, 0.15) is 5.82 Å². The third kappa shape index (κ3) is 4.37. The molecule has 2 aromatic carbocycles. The summed E-state index contributed by atoms with van der Waals surface area (Å²) in [6.45, 7) is 6.75. The first-order valence-corrected chi connectivity index (χ1v) is 9.83. The van der Waals surface area contributed by atoms with E-state index in [0.29, 0.717) is 17.4 Å². The third-order valence-electron chi connectivity index (χ3n) is 4.80. The first kappa shape index (κ1) is 20.0. The number of anilines is 1. The topological polar surface area (TPSA) is 64.2 Å². The van der Waals surface area contributed by atoms with Crippen molar-refractivity contribution >= 4 is 23.2 Å². The van der Waals surface area contributed by atoms with E-state index in [1.165, 1.54) is 5.69 Å². The minimum absolute atomic E-state index is 0.0518. The van der Waals surface area contributed by atoms with Crippen LogP contribution < -0.4 is 10.6 Å². The van der Waals surface area contributed by atoms with Gasteiger partial charge in [0.05, 0.1) is 12.1 Å². The summed E-state index contributed by atoms with van der Waals surface area (Å²) in [6, 6.07) is 18.3. The second kappa shape index (κ2) is 8.93. The van der Waals surface area contributed by atoms with Crippen LogP contribution in [0, 0.1) is 0 Å². The number of benzene rings is 2. The van der Waals surface area contributed by atoms with Gasteiger partial charge in [0.15, 0.2) is 5.15 Å². The Morgan fingerprint density at radius 2 is 1.71 bits per heavy atom. The Labute approximate surface area is 170 Å². The average molecular weight is 397 g/mol. The summed E-state index contributed by atoms with van der Waals surface area (Å²) in [4.78, 5) is 18.4. The quantitative estimate of drug-likeness (QED) is 0.622. The van der Waals surface area contributed by atoms with Crippen LogP contribution in [-0.4, -0.2) is 28.5 Å². The summed E-state index contributed by atoms with van der Waals surface area (Å²) in [5.74, 6) is 0.302. The molecule has 3 aromatic rings. The van der Waals surface area contributed by atoms with E-state index in [0.717, 1.165) is 30.0 Å². The molecule has 0 bridgehead atoms. The first-order chi connectivity index (χ1) is 13.5. The maximum atomic E-state index is 11.6. The molecule has 1 aromatic heterocycles. The van der Waals surface area contributed by atoms with Crippen molar-refractivity contribution in [3.8, 4) is 11.4 Å². The van der Waals surface area contributed by atoms with E-state index in [1.54, 1.807) is 0 Å². The zero-order valence-electron chi connectivity index (χ0n) is 16.2. The van der Waals surface area contributed by atoms with E-state index in [2.05, 4.69) is 35.9 Å². The van der Waals surface area contributed by atoms with Crippen LogP contribution in [-0.2, 0) is 17.8 Å². The Hall–Kier alpha value is -2.79. The number of nitrogens with two attached hydrogens (primary N) is 1. The number of nitrogens with zero attached hydrogens (tertiary/aromatic N) is 3. The minimum atomic E-state index is -0.431. The molecule has 1 amide bonds. The van der Waals surface area contributed by atoms with E-state index >= 15 is 0 Å². The molecule has 0 unspecified atom stereocenters. The molecule has 0 radical (unpaired) electrons. The highest BCUT2D eigenvalue weighted by Crippen LogP contribution is 2.28. The summed E-state index contributed by atoms with van der Waals surface area (Å²) in [6.07, 6.45) is 0.0518. The number of hydrogen-bond acceptors (Lipinski definition) is 3. The zero-order chi connectivity index (χ0) is 20.1. The number of carbonyl (C=O) groups is 1. The summed E-state index contributed by atoms with van der Waals surface area (Å²) < 4.78 is 1.98. The molecule has 0 aliphatic heterocycles. The van der Waals surface area contributed by atoms with Crippen molar-refractivity contribution in [2.75, 3.05) is 18.0 Å². The smallest absolute Gasteiger partial charge is 0.223 e. The second-order valence-corrected chi connectivity index (χ2v) is 6.96.